The summed E-state index contributed by atoms with van der Waals surface area (Å²) in [5, 5.41) is 6.08. The van der Waals surface area contributed by atoms with Gasteiger partial charge < -0.3 is 20.1 Å². The summed E-state index contributed by atoms with van der Waals surface area (Å²) in [7, 11) is 0. The van der Waals surface area contributed by atoms with Crippen LogP contribution in [0, 0.1) is 11.6 Å². The Morgan fingerprint density at radius 2 is 1.94 bits per heavy atom. The van der Waals surface area contributed by atoms with Gasteiger partial charge in [0.2, 0.25) is 5.91 Å². The van der Waals surface area contributed by atoms with E-state index in [1.807, 2.05) is 32.0 Å². The van der Waals surface area contributed by atoms with Crippen molar-refractivity contribution in [3.8, 4) is 11.5 Å². The summed E-state index contributed by atoms with van der Waals surface area (Å²) in [4.78, 5) is 11.7. The largest absolute Gasteiger partial charge is 0.493 e. The van der Waals surface area contributed by atoms with Gasteiger partial charge in [0, 0.05) is 48.9 Å². The molecule has 2 aromatic rings. The fourth-order valence-corrected chi connectivity index (χ4v) is 4.15. The van der Waals surface area contributed by atoms with Crippen molar-refractivity contribution in [3.05, 3.63) is 59.2 Å². The summed E-state index contributed by atoms with van der Waals surface area (Å²) in [6, 6.07) is 8.81. The van der Waals surface area contributed by atoms with E-state index in [-0.39, 0.29) is 29.7 Å². The monoisotopic (exact) mass is 464 g/mol. The van der Waals surface area contributed by atoms with Crippen LogP contribution in [0.3, 0.4) is 0 Å². The second-order valence-corrected chi connectivity index (χ2v) is 8.98. The van der Waals surface area contributed by atoms with Crippen molar-refractivity contribution in [1.29, 1.82) is 0 Å². The Hall–Kier alpha value is -2.32. The van der Waals surface area contributed by atoms with Gasteiger partial charge in [-0.25, -0.2) is 8.78 Å². The lowest BCUT2D eigenvalue weighted by atomic mass is 9.98. The maximum atomic E-state index is 13.6. The van der Waals surface area contributed by atoms with Crippen molar-refractivity contribution in [2.45, 2.75) is 57.1 Å². The van der Waals surface area contributed by atoms with Crippen molar-refractivity contribution in [3.63, 3.8) is 0 Å². The average Bonchev–Trinajstić information content (AvgIpc) is 2.70. The van der Waals surface area contributed by atoms with Gasteiger partial charge in [0.05, 0.1) is 12.7 Å². The number of fused-ring (bicyclic) bond motifs is 1. The molecule has 3 atom stereocenters. The standard InChI is InChI=1S/C24H30F2N2O3S/c1-14(2)31-19-4-5-23-20(12-19)21(6-7-30-23)27-13-24(32)22(28-15(3)29)10-16-8-17(25)11-18(26)9-16/h4-5,8-9,11-12,14,21-22,24,27,32H,6-7,10,13H2,1-3H3,(H,28,29)/t21-,22-,24-/m0/s1. The van der Waals surface area contributed by atoms with E-state index in [0.29, 0.717) is 18.7 Å². The number of hydrogen-bond acceptors (Lipinski definition) is 5. The molecule has 0 aromatic heterocycles. The number of carbonyl (C=O) groups excluding carboxylic acids is 1. The van der Waals surface area contributed by atoms with Crippen LogP contribution >= 0.6 is 12.6 Å². The van der Waals surface area contributed by atoms with Gasteiger partial charge in [-0.2, -0.15) is 12.6 Å². The zero-order chi connectivity index (χ0) is 23.3. The van der Waals surface area contributed by atoms with Crippen LogP contribution in [-0.2, 0) is 11.2 Å². The Morgan fingerprint density at radius 3 is 2.59 bits per heavy atom. The van der Waals surface area contributed by atoms with Crippen LogP contribution < -0.4 is 20.1 Å². The smallest absolute Gasteiger partial charge is 0.217 e. The van der Waals surface area contributed by atoms with Crippen molar-refractivity contribution in [1.82, 2.24) is 10.6 Å². The molecule has 0 saturated heterocycles. The molecule has 1 heterocycles. The minimum atomic E-state index is -0.645. The predicted octanol–water partition coefficient (Wildman–Crippen LogP) is 4.21. The lowest BCUT2D eigenvalue weighted by molar-refractivity contribution is -0.119. The van der Waals surface area contributed by atoms with Crippen LogP contribution in [0.5, 0.6) is 11.5 Å². The van der Waals surface area contributed by atoms with E-state index in [2.05, 4.69) is 10.6 Å². The van der Waals surface area contributed by atoms with Crippen molar-refractivity contribution in [2.75, 3.05) is 13.2 Å². The molecule has 0 fully saturated rings. The molecule has 5 nitrogen and oxygen atoms in total. The van der Waals surface area contributed by atoms with Crippen LogP contribution in [0.2, 0.25) is 0 Å². The topological polar surface area (TPSA) is 59.6 Å². The molecule has 0 spiro atoms. The number of benzene rings is 2. The molecule has 0 unspecified atom stereocenters. The van der Waals surface area contributed by atoms with Gasteiger partial charge in [0.15, 0.2) is 0 Å². The zero-order valence-corrected chi connectivity index (χ0v) is 19.4. The summed E-state index contributed by atoms with van der Waals surface area (Å²) >= 11 is 4.70. The number of halogens is 2. The molecule has 3 rings (SSSR count). The fraction of sp³-hybridized carbons (Fsp3) is 0.458. The number of carbonyl (C=O) groups is 1. The maximum absolute atomic E-state index is 13.6. The predicted molar refractivity (Wildman–Crippen MR) is 124 cm³/mol. The first-order chi connectivity index (χ1) is 15.2. The number of nitrogens with one attached hydrogen (secondary N) is 2. The summed E-state index contributed by atoms with van der Waals surface area (Å²) in [5.41, 5.74) is 1.48. The Morgan fingerprint density at radius 1 is 1.22 bits per heavy atom. The molecule has 174 valence electrons. The van der Waals surface area contributed by atoms with E-state index in [4.69, 9.17) is 22.1 Å². The zero-order valence-electron chi connectivity index (χ0n) is 18.5. The number of amides is 1. The molecule has 2 aromatic carbocycles. The first-order valence-electron chi connectivity index (χ1n) is 10.8. The summed E-state index contributed by atoms with van der Waals surface area (Å²) in [5.74, 6) is 0.0806. The van der Waals surface area contributed by atoms with Gasteiger partial charge in [-0.15, -0.1) is 0 Å². The molecule has 32 heavy (non-hydrogen) atoms. The highest BCUT2D eigenvalue weighted by Gasteiger charge is 2.25. The lowest BCUT2D eigenvalue weighted by Gasteiger charge is -2.30. The van der Waals surface area contributed by atoms with Crippen LogP contribution in [-0.4, -0.2) is 36.5 Å². The first kappa shape index (κ1) is 24.3. The van der Waals surface area contributed by atoms with Gasteiger partial charge in [-0.3, -0.25) is 4.79 Å². The Kier molecular flexibility index (Phi) is 8.37. The molecular weight excluding hydrogens is 434 g/mol. The van der Waals surface area contributed by atoms with E-state index in [0.717, 1.165) is 29.5 Å². The second kappa shape index (κ2) is 11.0. The van der Waals surface area contributed by atoms with Crippen LogP contribution in [0.1, 0.15) is 44.4 Å². The number of thiol groups is 1. The number of rotatable bonds is 9. The average molecular weight is 465 g/mol. The third-order valence-corrected chi connectivity index (χ3v) is 5.74. The molecule has 0 saturated carbocycles. The summed E-state index contributed by atoms with van der Waals surface area (Å²) in [6.07, 6.45) is 1.11. The van der Waals surface area contributed by atoms with Crippen LogP contribution in [0.25, 0.3) is 0 Å². The van der Waals surface area contributed by atoms with Gasteiger partial charge in [0.25, 0.3) is 0 Å². The van der Waals surface area contributed by atoms with Gasteiger partial charge >= 0.3 is 0 Å². The van der Waals surface area contributed by atoms with Gasteiger partial charge in [-0.05, 0) is 56.2 Å². The highest BCUT2D eigenvalue weighted by atomic mass is 32.1. The number of hydrogen-bond donors (Lipinski definition) is 3. The van der Waals surface area contributed by atoms with Crippen molar-refractivity contribution < 1.29 is 23.0 Å². The van der Waals surface area contributed by atoms with E-state index in [1.165, 1.54) is 19.1 Å². The molecule has 0 radical (unpaired) electrons. The lowest BCUT2D eigenvalue weighted by Crippen LogP contribution is -2.46. The highest BCUT2D eigenvalue weighted by Crippen LogP contribution is 2.35. The Bertz CT molecular complexity index is 921. The van der Waals surface area contributed by atoms with E-state index < -0.39 is 17.7 Å². The molecule has 1 amide bonds. The van der Waals surface area contributed by atoms with Crippen LogP contribution in [0.15, 0.2) is 36.4 Å². The normalized spacial score (nSPS) is 17.3. The van der Waals surface area contributed by atoms with E-state index in [9.17, 15) is 13.6 Å². The molecule has 0 aliphatic carbocycles. The van der Waals surface area contributed by atoms with Gasteiger partial charge in [-0.1, -0.05) is 0 Å². The molecule has 0 bridgehead atoms. The quantitative estimate of drug-likeness (QED) is 0.487. The number of ether oxygens (including phenoxy) is 2. The minimum absolute atomic E-state index is 0.0358. The third kappa shape index (κ3) is 6.84. The third-order valence-electron chi connectivity index (χ3n) is 5.20. The van der Waals surface area contributed by atoms with Crippen molar-refractivity contribution in [2.24, 2.45) is 0 Å². The molecule has 1 aliphatic rings. The molecule has 2 N–H and O–H groups in total. The summed E-state index contributed by atoms with van der Waals surface area (Å²) < 4.78 is 38.8. The van der Waals surface area contributed by atoms with E-state index in [1.54, 1.807) is 0 Å². The Labute approximate surface area is 193 Å². The SMILES string of the molecule is CC(=O)N[C@@H](Cc1cc(F)cc(F)c1)[C@@H](S)CN[C@H]1CCOc2ccc(OC(C)C)cc21. The fourth-order valence-electron chi connectivity index (χ4n) is 3.86. The second-order valence-electron chi connectivity index (χ2n) is 8.32. The highest BCUT2D eigenvalue weighted by molar-refractivity contribution is 7.81. The van der Waals surface area contributed by atoms with E-state index >= 15 is 0 Å². The molecule has 1 aliphatic heterocycles. The maximum Gasteiger partial charge on any atom is 0.217 e. The minimum Gasteiger partial charge on any atom is -0.493 e. The van der Waals surface area contributed by atoms with Crippen molar-refractivity contribution >= 4 is 18.5 Å². The molecular formula is C24H30F2N2O3S. The van der Waals surface area contributed by atoms with Crippen LogP contribution in [0.4, 0.5) is 8.78 Å². The summed E-state index contributed by atoms with van der Waals surface area (Å²) in [6.45, 7) is 6.43. The first-order valence-corrected chi connectivity index (χ1v) is 11.3. The Balaban J connectivity index is 1.69. The van der Waals surface area contributed by atoms with Gasteiger partial charge in [0.1, 0.15) is 23.1 Å². The molecule has 8 heteroatoms.